The molecule has 0 radical (unpaired) electrons. The Morgan fingerprint density at radius 2 is 2.21 bits per heavy atom. The highest BCUT2D eigenvalue weighted by Crippen LogP contribution is 2.28. The lowest BCUT2D eigenvalue weighted by Crippen LogP contribution is -1.95. The summed E-state index contributed by atoms with van der Waals surface area (Å²) in [5, 5.41) is 0.504. The van der Waals surface area contributed by atoms with Crippen LogP contribution in [0, 0.1) is 11.8 Å². The van der Waals surface area contributed by atoms with Gasteiger partial charge < -0.3 is 16.2 Å². The smallest absolute Gasteiger partial charge is 0.143 e. The first-order chi connectivity index (χ1) is 6.69. The maximum Gasteiger partial charge on any atom is 0.143 e. The van der Waals surface area contributed by atoms with Gasteiger partial charge in [-0.25, -0.2) is 0 Å². The van der Waals surface area contributed by atoms with Gasteiger partial charge in [-0.2, -0.15) is 0 Å². The average Bonchev–Trinajstić information content (AvgIpc) is 2.17. The first-order valence-electron chi connectivity index (χ1n) is 4.01. The van der Waals surface area contributed by atoms with Crippen molar-refractivity contribution in [1.29, 1.82) is 0 Å². The third kappa shape index (κ3) is 2.32. The average molecular weight is 211 g/mol. The van der Waals surface area contributed by atoms with Gasteiger partial charge in [-0.05, 0) is 12.1 Å². The van der Waals surface area contributed by atoms with Crippen LogP contribution in [0.25, 0.3) is 0 Å². The second-order valence-electron chi connectivity index (χ2n) is 2.58. The van der Waals surface area contributed by atoms with Crippen molar-refractivity contribution in [2.75, 3.05) is 19.4 Å². The van der Waals surface area contributed by atoms with E-state index in [0.29, 0.717) is 28.6 Å². The van der Waals surface area contributed by atoms with E-state index in [1.807, 2.05) is 0 Å². The van der Waals surface area contributed by atoms with Crippen molar-refractivity contribution in [3.05, 3.63) is 22.7 Å². The van der Waals surface area contributed by atoms with Gasteiger partial charge in [-0.1, -0.05) is 23.4 Å². The number of hydrogen-bond acceptors (Lipinski definition) is 3. The van der Waals surface area contributed by atoms with Gasteiger partial charge in [-0.15, -0.1) is 0 Å². The number of nitrogen functional groups attached to an aromatic ring is 1. The Kier molecular flexibility index (Phi) is 3.63. The van der Waals surface area contributed by atoms with Crippen molar-refractivity contribution >= 4 is 17.3 Å². The number of rotatable bonds is 1. The SMILES string of the molecule is COc1cc(C#CCN)c(Cl)cc1N. The molecule has 0 aromatic heterocycles. The van der Waals surface area contributed by atoms with E-state index in [-0.39, 0.29) is 0 Å². The summed E-state index contributed by atoms with van der Waals surface area (Å²) in [6.45, 7) is 0.295. The van der Waals surface area contributed by atoms with E-state index >= 15 is 0 Å². The number of halogens is 1. The molecule has 0 aliphatic heterocycles. The highest BCUT2D eigenvalue weighted by molar-refractivity contribution is 6.32. The van der Waals surface area contributed by atoms with Crippen molar-refractivity contribution < 1.29 is 4.74 Å². The molecule has 1 aromatic rings. The standard InChI is InChI=1S/C10H11ClN2O/c1-14-10-5-7(3-2-4-12)8(11)6-9(10)13/h5-6H,4,12-13H2,1H3. The molecule has 1 aromatic carbocycles. The minimum atomic E-state index is 0.295. The molecule has 0 saturated heterocycles. The van der Waals surface area contributed by atoms with Crippen molar-refractivity contribution in [3.63, 3.8) is 0 Å². The molecule has 0 saturated carbocycles. The van der Waals surface area contributed by atoms with E-state index in [9.17, 15) is 0 Å². The van der Waals surface area contributed by atoms with Crippen molar-refractivity contribution in [3.8, 4) is 17.6 Å². The van der Waals surface area contributed by atoms with Crippen LogP contribution in [0.5, 0.6) is 5.75 Å². The van der Waals surface area contributed by atoms with Crippen LogP contribution in [0.4, 0.5) is 5.69 Å². The van der Waals surface area contributed by atoms with E-state index in [2.05, 4.69) is 11.8 Å². The number of benzene rings is 1. The molecule has 0 spiro atoms. The summed E-state index contributed by atoms with van der Waals surface area (Å²) >= 11 is 5.92. The monoisotopic (exact) mass is 210 g/mol. The summed E-state index contributed by atoms with van der Waals surface area (Å²) in [4.78, 5) is 0. The van der Waals surface area contributed by atoms with Gasteiger partial charge in [0.25, 0.3) is 0 Å². The largest absolute Gasteiger partial charge is 0.495 e. The van der Waals surface area contributed by atoms with Crippen molar-refractivity contribution in [1.82, 2.24) is 0 Å². The molecule has 0 amide bonds. The topological polar surface area (TPSA) is 61.3 Å². The third-order valence-electron chi connectivity index (χ3n) is 1.64. The van der Waals surface area contributed by atoms with Crippen LogP contribution in [0.2, 0.25) is 5.02 Å². The Hall–Kier alpha value is -1.37. The summed E-state index contributed by atoms with van der Waals surface area (Å²) in [5.41, 5.74) is 12.1. The molecule has 0 fully saturated rings. The van der Waals surface area contributed by atoms with E-state index in [1.54, 1.807) is 19.2 Å². The van der Waals surface area contributed by atoms with Gasteiger partial charge in [-0.3, -0.25) is 0 Å². The van der Waals surface area contributed by atoms with Crippen LogP contribution < -0.4 is 16.2 Å². The maximum absolute atomic E-state index is 5.92. The highest BCUT2D eigenvalue weighted by Gasteiger charge is 2.04. The molecule has 4 N–H and O–H groups in total. The Morgan fingerprint density at radius 3 is 2.79 bits per heavy atom. The summed E-state index contributed by atoms with van der Waals surface area (Å²) < 4.78 is 5.04. The molecule has 74 valence electrons. The quantitative estimate of drug-likeness (QED) is 0.542. The van der Waals surface area contributed by atoms with Gasteiger partial charge in [0.05, 0.1) is 24.4 Å². The fourth-order valence-electron chi connectivity index (χ4n) is 0.988. The number of methoxy groups -OCH3 is 1. The minimum absolute atomic E-state index is 0.295. The number of nitrogens with two attached hydrogens (primary N) is 2. The zero-order chi connectivity index (χ0) is 10.6. The molecular formula is C10H11ClN2O. The molecule has 14 heavy (non-hydrogen) atoms. The molecule has 0 aliphatic rings. The van der Waals surface area contributed by atoms with Crippen LogP contribution >= 0.6 is 11.6 Å². The Balaban J connectivity index is 3.17. The lowest BCUT2D eigenvalue weighted by molar-refractivity contribution is 0.417. The Bertz CT molecular complexity index is 393. The molecule has 1 rings (SSSR count). The Morgan fingerprint density at radius 1 is 1.50 bits per heavy atom. The van der Waals surface area contributed by atoms with Gasteiger partial charge in [0.1, 0.15) is 5.75 Å². The van der Waals surface area contributed by atoms with Crippen LogP contribution in [0.1, 0.15) is 5.56 Å². The summed E-state index contributed by atoms with van der Waals surface area (Å²) in [5.74, 6) is 6.11. The van der Waals surface area contributed by atoms with Crippen molar-refractivity contribution in [2.24, 2.45) is 5.73 Å². The molecule has 0 aliphatic carbocycles. The number of hydrogen-bond donors (Lipinski definition) is 2. The predicted octanol–water partition coefficient (Wildman–Crippen LogP) is 1.24. The third-order valence-corrected chi connectivity index (χ3v) is 1.96. The summed E-state index contributed by atoms with van der Waals surface area (Å²) in [6.07, 6.45) is 0. The molecular weight excluding hydrogens is 200 g/mol. The molecule has 0 heterocycles. The maximum atomic E-state index is 5.92. The molecule has 4 heteroatoms. The molecule has 0 unspecified atom stereocenters. The summed E-state index contributed by atoms with van der Waals surface area (Å²) in [7, 11) is 1.54. The van der Waals surface area contributed by atoms with Gasteiger partial charge in [0, 0.05) is 5.56 Å². The first-order valence-corrected chi connectivity index (χ1v) is 4.38. The minimum Gasteiger partial charge on any atom is -0.495 e. The zero-order valence-electron chi connectivity index (χ0n) is 7.80. The van der Waals surface area contributed by atoms with E-state index in [0.717, 1.165) is 0 Å². The predicted molar refractivity (Wildman–Crippen MR) is 58.3 cm³/mol. The fraction of sp³-hybridized carbons (Fsp3) is 0.200. The van der Waals surface area contributed by atoms with Crippen LogP contribution in [-0.4, -0.2) is 13.7 Å². The molecule has 0 atom stereocenters. The summed E-state index contributed by atoms with van der Waals surface area (Å²) in [6, 6.07) is 3.31. The normalized spacial score (nSPS) is 9.07. The number of anilines is 1. The van der Waals surface area contributed by atoms with Crippen molar-refractivity contribution in [2.45, 2.75) is 0 Å². The highest BCUT2D eigenvalue weighted by atomic mass is 35.5. The fourth-order valence-corrected chi connectivity index (χ4v) is 1.21. The zero-order valence-corrected chi connectivity index (χ0v) is 8.56. The van der Waals surface area contributed by atoms with E-state index < -0.39 is 0 Å². The Labute approximate surface area is 88.0 Å². The molecule has 0 bridgehead atoms. The van der Waals surface area contributed by atoms with E-state index in [1.165, 1.54) is 0 Å². The first kappa shape index (κ1) is 10.7. The van der Waals surface area contributed by atoms with E-state index in [4.69, 9.17) is 27.8 Å². The van der Waals surface area contributed by atoms with Crippen LogP contribution in [0.15, 0.2) is 12.1 Å². The van der Waals surface area contributed by atoms with Crippen LogP contribution in [-0.2, 0) is 0 Å². The van der Waals surface area contributed by atoms with Crippen LogP contribution in [0.3, 0.4) is 0 Å². The second-order valence-corrected chi connectivity index (χ2v) is 2.99. The second kappa shape index (κ2) is 4.75. The van der Waals surface area contributed by atoms with Gasteiger partial charge in [0.15, 0.2) is 0 Å². The number of ether oxygens (including phenoxy) is 1. The lowest BCUT2D eigenvalue weighted by Gasteiger charge is -2.05. The van der Waals surface area contributed by atoms with Gasteiger partial charge in [0.2, 0.25) is 0 Å². The molecule has 3 nitrogen and oxygen atoms in total. The van der Waals surface area contributed by atoms with Gasteiger partial charge >= 0.3 is 0 Å². The lowest BCUT2D eigenvalue weighted by atomic mass is 10.2.